The minimum Gasteiger partial charge on any atom is -0.371 e. The number of anilines is 1. The molecule has 20 heavy (non-hydrogen) atoms. The molecule has 0 aromatic heterocycles. The number of nitro benzene ring substituents is 1. The summed E-state index contributed by atoms with van der Waals surface area (Å²) in [5, 5.41) is 14.2. The Balaban J connectivity index is 2.00. The van der Waals surface area contributed by atoms with Crippen molar-refractivity contribution in [1.29, 1.82) is 0 Å². The van der Waals surface area contributed by atoms with Crippen molar-refractivity contribution in [3.05, 3.63) is 33.9 Å². The Labute approximate surface area is 120 Å². The molecule has 0 bridgehead atoms. The highest BCUT2D eigenvalue weighted by Gasteiger charge is 2.21. The summed E-state index contributed by atoms with van der Waals surface area (Å²) < 4.78 is 0. The zero-order chi connectivity index (χ0) is 14.5. The molecule has 1 aliphatic heterocycles. The average molecular weight is 277 g/mol. The highest BCUT2D eigenvalue weighted by molar-refractivity contribution is 5.56. The summed E-state index contributed by atoms with van der Waals surface area (Å²) in [6, 6.07) is 5.56. The molecule has 0 saturated carbocycles. The van der Waals surface area contributed by atoms with E-state index in [9.17, 15) is 10.1 Å². The lowest BCUT2D eigenvalue weighted by Crippen LogP contribution is -2.34. The molecule has 0 aliphatic carbocycles. The number of hydrogen-bond acceptors (Lipinski definition) is 4. The first kappa shape index (κ1) is 14.8. The number of benzene rings is 1. The van der Waals surface area contributed by atoms with Crippen LogP contribution in [-0.4, -0.2) is 31.6 Å². The molecule has 1 heterocycles. The smallest absolute Gasteiger partial charge is 0.274 e. The molecule has 5 heteroatoms. The van der Waals surface area contributed by atoms with Gasteiger partial charge < -0.3 is 10.2 Å². The van der Waals surface area contributed by atoms with E-state index >= 15 is 0 Å². The predicted molar refractivity (Wildman–Crippen MR) is 81.3 cm³/mol. The first-order valence-corrected chi connectivity index (χ1v) is 7.26. The van der Waals surface area contributed by atoms with Crippen molar-refractivity contribution in [1.82, 2.24) is 5.32 Å². The second-order valence-electron chi connectivity index (χ2n) is 5.55. The van der Waals surface area contributed by atoms with Gasteiger partial charge in [-0.15, -0.1) is 0 Å². The van der Waals surface area contributed by atoms with E-state index in [1.165, 1.54) is 19.3 Å². The van der Waals surface area contributed by atoms with Gasteiger partial charge in [0.2, 0.25) is 0 Å². The van der Waals surface area contributed by atoms with E-state index in [-0.39, 0.29) is 10.6 Å². The lowest BCUT2D eigenvalue weighted by Gasteiger charge is -2.33. The molecule has 1 saturated heterocycles. The van der Waals surface area contributed by atoms with Crippen LogP contribution in [0.4, 0.5) is 11.4 Å². The maximum atomic E-state index is 11.0. The maximum Gasteiger partial charge on any atom is 0.274 e. The van der Waals surface area contributed by atoms with E-state index in [1.54, 1.807) is 13.0 Å². The quantitative estimate of drug-likeness (QED) is 0.664. The summed E-state index contributed by atoms with van der Waals surface area (Å²) in [6.45, 7) is 4.84. The molecular weight excluding hydrogens is 254 g/mol. The van der Waals surface area contributed by atoms with E-state index in [1.807, 2.05) is 19.2 Å². The lowest BCUT2D eigenvalue weighted by atomic mass is 9.93. The molecule has 1 aromatic rings. The van der Waals surface area contributed by atoms with Crippen LogP contribution in [-0.2, 0) is 0 Å². The third-order valence-electron chi connectivity index (χ3n) is 4.17. The molecule has 1 aliphatic rings. The molecule has 110 valence electrons. The monoisotopic (exact) mass is 277 g/mol. The summed E-state index contributed by atoms with van der Waals surface area (Å²) in [7, 11) is 1.99. The normalized spacial score (nSPS) is 16.4. The standard InChI is InChI=1S/C15H23N3O2/c1-12-3-4-14(11-15(12)18(19)20)17-9-6-13(7-10-17)5-8-16-2/h3-4,11,13,16H,5-10H2,1-2H3. The minimum absolute atomic E-state index is 0.222. The fraction of sp³-hybridized carbons (Fsp3) is 0.600. The van der Waals surface area contributed by atoms with Crippen molar-refractivity contribution < 1.29 is 4.92 Å². The first-order chi connectivity index (χ1) is 9.61. The Hall–Kier alpha value is -1.62. The molecule has 2 rings (SSSR count). The number of piperidine rings is 1. The van der Waals surface area contributed by atoms with E-state index in [2.05, 4.69) is 10.2 Å². The summed E-state index contributed by atoms with van der Waals surface area (Å²) in [5.74, 6) is 0.777. The SMILES string of the molecule is CNCCC1CCN(c2ccc(C)c([N+](=O)[O-])c2)CC1. The molecule has 0 atom stereocenters. The van der Waals surface area contributed by atoms with Crippen LogP contribution in [0.2, 0.25) is 0 Å². The number of nitrogens with one attached hydrogen (secondary N) is 1. The van der Waals surface area contributed by atoms with Gasteiger partial charge in [-0.2, -0.15) is 0 Å². The summed E-state index contributed by atoms with van der Waals surface area (Å²) in [4.78, 5) is 13.0. The zero-order valence-corrected chi connectivity index (χ0v) is 12.3. The van der Waals surface area contributed by atoms with Crippen molar-refractivity contribution in [2.45, 2.75) is 26.2 Å². The Kier molecular flexibility index (Phi) is 4.95. The van der Waals surface area contributed by atoms with Crippen LogP contribution in [0.15, 0.2) is 18.2 Å². The van der Waals surface area contributed by atoms with Gasteiger partial charge in [-0.05, 0) is 51.8 Å². The third-order valence-corrected chi connectivity index (χ3v) is 4.17. The van der Waals surface area contributed by atoms with Crippen molar-refractivity contribution in [3.8, 4) is 0 Å². The van der Waals surface area contributed by atoms with Gasteiger partial charge in [-0.1, -0.05) is 6.07 Å². The van der Waals surface area contributed by atoms with Crippen LogP contribution in [0.1, 0.15) is 24.8 Å². The number of nitro groups is 1. The Bertz CT molecular complexity index is 468. The fourth-order valence-electron chi connectivity index (χ4n) is 2.82. The molecule has 5 nitrogen and oxygen atoms in total. The molecule has 1 N–H and O–H groups in total. The minimum atomic E-state index is -0.293. The van der Waals surface area contributed by atoms with Gasteiger partial charge in [0.05, 0.1) is 4.92 Å². The predicted octanol–water partition coefficient (Wildman–Crippen LogP) is 2.73. The zero-order valence-electron chi connectivity index (χ0n) is 12.3. The average Bonchev–Trinajstić information content (AvgIpc) is 2.46. The molecule has 0 radical (unpaired) electrons. The summed E-state index contributed by atoms with van der Waals surface area (Å²) in [6.07, 6.45) is 3.56. The Morgan fingerprint density at radius 1 is 1.40 bits per heavy atom. The van der Waals surface area contributed by atoms with Crippen LogP contribution < -0.4 is 10.2 Å². The number of hydrogen-bond donors (Lipinski definition) is 1. The van der Waals surface area contributed by atoms with Crippen LogP contribution >= 0.6 is 0 Å². The fourth-order valence-corrected chi connectivity index (χ4v) is 2.82. The summed E-state index contributed by atoms with van der Waals surface area (Å²) in [5.41, 5.74) is 1.93. The maximum absolute atomic E-state index is 11.0. The second-order valence-corrected chi connectivity index (χ2v) is 5.55. The largest absolute Gasteiger partial charge is 0.371 e. The Morgan fingerprint density at radius 3 is 2.70 bits per heavy atom. The van der Waals surface area contributed by atoms with E-state index < -0.39 is 0 Å². The summed E-state index contributed by atoms with van der Waals surface area (Å²) >= 11 is 0. The Morgan fingerprint density at radius 2 is 2.10 bits per heavy atom. The van der Waals surface area contributed by atoms with E-state index in [0.29, 0.717) is 0 Å². The lowest BCUT2D eigenvalue weighted by molar-refractivity contribution is -0.385. The van der Waals surface area contributed by atoms with Gasteiger partial charge >= 0.3 is 0 Å². The van der Waals surface area contributed by atoms with Crippen LogP contribution in [0.25, 0.3) is 0 Å². The van der Waals surface area contributed by atoms with Gasteiger partial charge in [-0.25, -0.2) is 0 Å². The van der Waals surface area contributed by atoms with Crippen LogP contribution in [0.3, 0.4) is 0 Å². The molecule has 0 amide bonds. The number of nitrogens with zero attached hydrogens (tertiary/aromatic N) is 2. The van der Waals surface area contributed by atoms with E-state index in [4.69, 9.17) is 0 Å². The highest BCUT2D eigenvalue weighted by atomic mass is 16.6. The van der Waals surface area contributed by atoms with Gasteiger partial charge in [0, 0.05) is 30.4 Å². The molecular formula is C15H23N3O2. The van der Waals surface area contributed by atoms with Crippen molar-refractivity contribution in [2.75, 3.05) is 31.6 Å². The van der Waals surface area contributed by atoms with Crippen LogP contribution in [0, 0.1) is 23.0 Å². The molecule has 0 spiro atoms. The van der Waals surface area contributed by atoms with Gasteiger partial charge in [0.1, 0.15) is 0 Å². The van der Waals surface area contributed by atoms with Gasteiger partial charge in [0.25, 0.3) is 5.69 Å². The first-order valence-electron chi connectivity index (χ1n) is 7.26. The van der Waals surface area contributed by atoms with Crippen LogP contribution in [0.5, 0.6) is 0 Å². The third kappa shape index (κ3) is 3.48. The number of aryl methyl sites for hydroxylation is 1. The van der Waals surface area contributed by atoms with Crippen molar-refractivity contribution in [3.63, 3.8) is 0 Å². The highest BCUT2D eigenvalue weighted by Crippen LogP contribution is 2.29. The van der Waals surface area contributed by atoms with Gasteiger partial charge in [-0.3, -0.25) is 10.1 Å². The second kappa shape index (κ2) is 6.70. The van der Waals surface area contributed by atoms with Crippen molar-refractivity contribution >= 4 is 11.4 Å². The molecule has 0 unspecified atom stereocenters. The van der Waals surface area contributed by atoms with E-state index in [0.717, 1.165) is 36.8 Å². The number of rotatable bonds is 5. The topological polar surface area (TPSA) is 58.4 Å². The molecule has 1 fully saturated rings. The van der Waals surface area contributed by atoms with Crippen molar-refractivity contribution in [2.24, 2.45) is 5.92 Å². The van der Waals surface area contributed by atoms with Gasteiger partial charge in [0.15, 0.2) is 0 Å². The molecule has 1 aromatic carbocycles.